The number of rotatable bonds is 2. The Morgan fingerprint density at radius 2 is 2.00 bits per heavy atom. The Morgan fingerprint density at radius 1 is 1.37 bits per heavy atom. The van der Waals surface area contributed by atoms with Gasteiger partial charge in [-0.1, -0.05) is 12.1 Å². The van der Waals surface area contributed by atoms with Crippen molar-refractivity contribution in [2.45, 2.75) is 6.92 Å². The summed E-state index contributed by atoms with van der Waals surface area (Å²) < 4.78 is 0. The van der Waals surface area contributed by atoms with Crippen molar-refractivity contribution >= 4 is 24.0 Å². The highest BCUT2D eigenvalue weighted by molar-refractivity contribution is 5.98. The first-order valence-electron chi connectivity index (χ1n) is 5.85. The van der Waals surface area contributed by atoms with E-state index in [4.69, 9.17) is 0 Å². The van der Waals surface area contributed by atoms with E-state index in [0.717, 1.165) is 13.1 Å². The number of benzene rings is 1. The third kappa shape index (κ3) is 3.21. The van der Waals surface area contributed by atoms with Crippen molar-refractivity contribution in [3.05, 3.63) is 39.4 Å². The second-order valence-electron chi connectivity index (χ2n) is 4.27. The Morgan fingerprint density at radius 3 is 2.58 bits per heavy atom. The summed E-state index contributed by atoms with van der Waals surface area (Å²) in [7, 11) is 0. The van der Waals surface area contributed by atoms with E-state index in [1.54, 1.807) is 24.0 Å². The van der Waals surface area contributed by atoms with Crippen LogP contribution in [0, 0.1) is 17.0 Å². The molecule has 1 aliphatic rings. The van der Waals surface area contributed by atoms with Crippen molar-refractivity contribution < 1.29 is 9.72 Å². The number of aryl methyl sites for hydroxylation is 1. The quantitative estimate of drug-likeness (QED) is 0.658. The van der Waals surface area contributed by atoms with E-state index in [2.05, 4.69) is 5.32 Å². The maximum atomic E-state index is 12.3. The molecule has 0 aromatic heterocycles. The van der Waals surface area contributed by atoms with Crippen LogP contribution in [0.4, 0.5) is 5.69 Å². The molecular formula is C12H16ClN3O3. The molecule has 2 rings (SSSR count). The highest BCUT2D eigenvalue weighted by atomic mass is 35.5. The lowest BCUT2D eigenvalue weighted by Gasteiger charge is -2.27. The Balaban J connectivity index is 0.00000180. The van der Waals surface area contributed by atoms with E-state index in [1.807, 2.05) is 0 Å². The maximum absolute atomic E-state index is 12.3. The molecule has 1 aliphatic heterocycles. The summed E-state index contributed by atoms with van der Waals surface area (Å²) in [5.41, 5.74) is 0.615. The minimum atomic E-state index is -0.481. The molecule has 1 saturated heterocycles. The van der Waals surface area contributed by atoms with Gasteiger partial charge in [-0.05, 0) is 13.0 Å². The number of nitrogens with zero attached hydrogens (tertiary/aromatic N) is 2. The lowest BCUT2D eigenvalue weighted by molar-refractivity contribution is -0.385. The third-order valence-corrected chi connectivity index (χ3v) is 3.05. The Kier molecular flexibility index (Phi) is 5.26. The smallest absolute Gasteiger partial charge is 0.285 e. The van der Waals surface area contributed by atoms with Crippen molar-refractivity contribution in [1.29, 1.82) is 0 Å². The van der Waals surface area contributed by atoms with Gasteiger partial charge in [-0.2, -0.15) is 0 Å². The SMILES string of the molecule is Cc1cccc(C(=O)N2CCNCC2)c1[N+](=O)[O-].Cl. The fraction of sp³-hybridized carbons (Fsp3) is 0.417. The summed E-state index contributed by atoms with van der Waals surface area (Å²) in [6, 6.07) is 4.85. The monoisotopic (exact) mass is 285 g/mol. The highest BCUT2D eigenvalue weighted by Gasteiger charge is 2.26. The van der Waals surface area contributed by atoms with Crippen molar-refractivity contribution in [3.63, 3.8) is 0 Å². The maximum Gasteiger partial charge on any atom is 0.285 e. The predicted octanol–water partition coefficient (Wildman–Crippen LogP) is 1.37. The number of hydrogen-bond acceptors (Lipinski definition) is 4. The van der Waals surface area contributed by atoms with Crippen LogP contribution in [-0.2, 0) is 0 Å². The fourth-order valence-electron chi connectivity index (χ4n) is 2.11. The minimum absolute atomic E-state index is 0. The second-order valence-corrected chi connectivity index (χ2v) is 4.27. The third-order valence-electron chi connectivity index (χ3n) is 3.05. The van der Waals surface area contributed by atoms with Gasteiger partial charge in [0.1, 0.15) is 5.56 Å². The number of nitrogens with one attached hydrogen (secondary N) is 1. The largest absolute Gasteiger partial charge is 0.336 e. The summed E-state index contributed by atoms with van der Waals surface area (Å²) in [6.45, 7) is 4.28. The molecule has 0 unspecified atom stereocenters. The first kappa shape index (κ1) is 15.4. The molecule has 0 bridgehead atoms. The molecule has 1 N–H and O–H groups in total. The van der Waals surface area contributed by atoms with Crippen LogP contribution >= 0.6 is 12.4 Å². The standard InChI is InChI=1S/C12H15N3O3.ClH/c1-9-3-2-4-10(11(9)15(17)18)12(16)14-7-5-13-6-8-14;/h2-4,13H,5-8H2,1H3;1H. The van der Waals surface area contributed by atoms with Crippen LogP contribution in [0.3, 0.4) is 0 Å². The molecule has 1 amide bonds. The zero-order valence-corrected chi connectivity index (χ0v) is 11.4. The second kappa shape index (κ2) is 6.49. The molecule has 19 heavy (non-hydrogen) atoms. The molecule has 104 valence electrons. The first-order chi connectivity index (χ1) is 8.61. The van der Waals surface area contributed by atoms with Gasteiger partial charge in [-0.3, -0.25) is 14.9 Å². The van der Waals surface area contributed by atoms with E-state index in [1.165, 1.54) is 6.07 Å². The Bertz CT molecular complexity index is 487. The average Bonchev–Trinajstić information content (AvgIpc) is 2.38. The van der Waals surface area contributed by atoms with Gasteiger partial charge in [0.2, 0.25) is 0 Å². The van der Waals surface area contributed by atoms with Crippen LogP contribution in [0.1, 0.15) is 15.9 Å². The molecule has 1 fully saturated rings. The van der Waals surface area contributed by atoms with Crippen LogP contribution in [0.15, 0.2) is 18.2 Å². The van der Waals surface area contributed by atoms with Crippen LogP contribution in [-0.4, -0.2) is 41.9 Å². The molecule has 6 nitrogen and oxygen atoms in total. The van der Waals surface area contributed by atoms with Crippen molar-refractivity contribution in [3.8, 4) is 0 Å². The van der Waals surface area contributed by atoms with Gasteiger partial charge in [-0.15, -0.1) is 12.4 Å². The molecule has 0 saturated carbocycles. The van der Waals surface area contributed by atoms with Gasteiger partial charge < -0.3 is 10.2 Å². The lowest BCUT2D eigenvalue weighted by Crippen LogP contribution is -2.46. The van der Waals surface area contributed by atoms with Gasteiger partial charge >= 0.3 is 0 Å². The van der Waals surface area contributed by atoms with Crippen molar-refractivity contribution in [2.24, 2.45) is 0 Å². The lowest BCUT2D eigenvalue weighted by atomic mass is 10.1. The van der Waals surface area contributed by atoms with Crippen LogP contribution in [0.2, 0.25) is 0 Å². The van der Waals surface area contributed by atoms with E-state index >= 15 is 0 Å². The van der Waals surface area contributed by atoms with Gasteiger partial charge in [0.25, 0.3) is 11.6 Å². The number of para-hydroxylation sites is 1. The molecule has 0 aliphatic carbocycles. The molecule has 1 aromatic rings. The summed E-state index contributed by atoms with van der Waals surface area (Å²) in [5.74, 6) is -0.257. The number of halogens is 1. The molecule has 0 spiro atoms. The van der Waals surface area contributed by atoms with Gasteiger partial charge in [0, 0.05) is 31.7 Å². The van der Waals surface area contributed by atoms with E-state index in [-0.39, 0.29) is 29.6 Å². The van der Waals surface area contributed by atoms with E-state index < -0.39 is 4.92 Å². The Labute approximate surface area is 117 Å². The van der Waals surface area contributed by atoms with Gasteiger partial charge in [-0.25, -0.2) is 0 Å². The van der Waals surface area contributed by atoms with Crippen LogP contribution in [0.25, 0.3) is 0 Å². The normalized spacial score (nSPS) is 14.7. The fourth-order valence-corrected chi connectivity index (χ4v) is 2.11. The number of nitro benzene ring substituents is 1. The van der Waals surface area contributed by atoms with Gasteiger partial charge in [0.15, 0.2) is 0 Å². The number of carbonyl (C=O) groups is 1. The molecule has 1 aromatic carbocycles. The number of carbonyl (C=O) groups excluding carboxylic acids is 1. The van der Waals surface area contributed by atoms with Crippen molar-refractivity contribution in [2.75, 3.05) is 26.2 Å². The predicted molar refractivity (Wildman–Crippen MR) is 73.9 cm³/mol. The first-order valence-corrected chi connectivity index (χ1v) is 5.85. The van der Waals surface area contributed by atoms with Gasteiger partial charge in [0.05, 0.1) is 4.92 Å². The minimum Gasteiger partial charge on any atom is -0.336 e. The van der Waals surface area contributed by atoms with Crippen LogP contribution in [0.5, 0.6) is 0 Å². The number of amides is 1. The zero-order chi connectivity index (χ0) is 13.1. The zero-order valence-electron chi connectivity index (χ0n) is 10.6. The highest BCUT2D eigenvalue weighted by Crippen LogP contribution is 2.24. The molecule has 0 radical (unpaired) electrons. The number of hydrogen-bond donors (Lipinski definition) is 1. The van der Waals surface area contributed by atoms with E-state index in [0.29, 0.717) is 18.7 Å². The average molecular weight is 286 g/mol. The number of piperazine rings is 1. The van der Waals surface area contributed by atoms with E-state index in [9.17, 15) is 14.9 Å². The molecule has 0 atom stereocenters. The summed E-state index contributed by atoms with van der Waals surface area (Å²) in [5, 5.41) is 14.2. The Hall–Kier alpha value is -1.66. The van der Waals surface area contributed by atoms with Crippen molar-refractivity contribution in [1.82, 2.24) is 10.2 Å². The number of nitro groups is 1. The van der Waals surface area contributed by atoms with Crippen LogP contribution < -0.4 is 5.32 Å². The molecular weight excluding hydrogens is 270 g/mol. The topological polar surface area (TPSA) is 75.5 Å². The summed E-state index contributed by atoms with van der Waals surface area (Å²) in [4.78, 5) is 24.5. The molecule has 1 heterocycles. The molecule has 7 heteroatoms. The summed E-state index contributed by atoms with van der Waals surface area (Å²) >= 11 is 0. The summed E-state index contributed by atoms with van der Waals surface area (Å²) in [6.07, 6.45) is 0.